The summed E-state index contributed by atoms with van der Waals surface area (Å²) in [6.45, 7) is 1.65. The number of aromatic nitrogens is 2. The molecule has 0 unspecified atom stereocenters. The number of anilines is 2. The third-order valence-corrected chi connectivity index (χ3v) is 3.26. The van der Waals surface area contributed by atoms with Crippen LogP contribution in [0.25, 0.3) is 0 Å². The van der Waals surface area contributed by atoms with Crippen LogP contribution in [0.3, 0.4) is 0 Å². The van der Waals surface area contributed by atoms with E-state index in [4.69, 9.17) is 0 Å². The van der Waals surface area contributed by atoms with Gasteiger partial charge < -0.3 is 10.6 Å². The van der Waals surface area contributed by atoms with Gasteiger partial charge in [0.25, 0.3) is 0 Å². The minimum atomic E-state index is 0.826. The maximum Gasteiger partial charge on any atom is 0.138 e. The third kappa shape index (κ3) is 2.16. The van der Waals surface area contributed by atoms with Crippen molar-refractivity contribution in [3.63, 3.8) is 0 Å². The lowest BCUT2D eigenvalue weighted by Crippen LogP contribution is -2.02. The minimum absolute atomic E-state index is 0.826. The molecule has 4 nitrogen and oxygen atoms in total. The quantitative estimate of drug-likeness (QED) is 0.893. The van der Waals surface area contributed by atoms with E-state index >= 15 is 0 Å². The van der Waals surface area contributed by atoms with Crippen LogP contribution in [0.2, 0.25) is 0 Å². The van der Waals surface area contributed by atoms with Crippen molar-refractivity contribution in [1.29, 1.82) is 0 Å². The van der Waals surface area contributed by atoms with Gasteiger partial charge in [-0.25, -0.2) is 9.97 Å². The first-order valence-electron chi connectivity index (χ1n) is 5.39. The molecule has 17 heavy (non-hydrogen) atoms. The van der Waals surface area contributed by atoms with Crippen molar-refractivity contribution in [3.05, 3.63) is 46.3 Å². The van der Waals surface area contributed by atoms with Crippen molar-refractivity contribution < 1.29 is 0 Å². The number of benzene rings is 1. The molecule has 2 N–H and O–H groups in total. The SMILES string of the molecule is Brc1ccc(Nc2ncnc3c2CNC3)cc1. The maximum absolute atomic E-state index is 4.29. The van der Waals surface area contributed by atoms with E-state index in [1.54, 1.807) is 6.33 Å². The summed E-state index contributed by atoms with van der Waals surface area (Å²) in [5, 5.41) is 6.59. The number of nitrogens with zero attached hydrogens (tertiary/aromatic N) is 2. The predicted molar refractivity (Wildman–Crippen MR) is 70.0 cm³/mol. The van der Waals surface area contributed by atoms with Crippen LogP contribution >= 0.6 is 15.9 Å². The van der Waals surface area contributed by atoms with E-state index in [9.17, 15) is 0 Å². The Labute approximate surface area is 108 Å². The van der Waals surface area contributed by atoms with Crippen LogP contribution in [0.4, 0.5) is 11.5 Å². The Morgan fingerprint density at radius 3 is 2.76 bits per heavy atom. The van der Waals surface area contributed by atoms with Gasteiger partial charge in [-0.3, -0.25) is 0 Å². The smallest absolute Gasteiger partial charge is 0.138 e. The Kier molecular flexibility index (Phi) is 2.78. The van der Waals surface area contributed by atoms with Gasteiger partial charge in [0.2, 0.25) is 0 Å². The molecule has 0 amide bonds. The van der Waals surface area contributed by atoms with Gasteiger partial charge in [0.1, 0.15) is 12.1 Å². The zero-order valence-electron chi connectivity index (χ0n) is 9.07. The van der Waals surface area contributed by atoms with Crippen molar-refractivity contribution in [1.82, 2.24) is 15.3 Å². The van der Waals surface area contributed by atoms with Crippen molar-refractivity contribution >= 4 is 27.4 Å². The van der Waals surface area contributed by atoms with Crippen LogP contribution < -0.4 is 10.6 Å². The Morgan fingerprint density at radius 1 is 1.12 bits per heavy atom. The fourth-order valence-corrected chi connectivity index (χ4v) is 2.13. The molecule has 0 radical (unpaired) electrons. The molecule has 5 heteroatoms. The summed E-state index contributed by atoms with van der Waals surface area (Å²) in [4.78, 5) is 8.55. The summed E-state index contributed by atoms with van der Waals surface area (Å²) in [5.74, 6) is 0.891. The first kappa shape index (κ1) is 10.7. The highest BCUT2D eigenvalue weighted by molar-refractivity contribution is 9.10. The lowest BCUT2D eigenvalue weighted by Gasteiger charge is -2.08. The molecule has 0 fully saturated rings. The second kappa shape index (κ2) is 4.43. The fraction of sp³-hybridized carbons (Fsp3) is 0.167. The molecular formula is C12H11BrN4. The summed E-state index contributed by atoms with van der Waals surface area (Å²) < 4.78 is 1.07. The molecule has 3 rings (SSSR count). The Morgan fingerprint density at radius 2 is 1.94 bits per heavy atom. The fourth-order valence-electron chi connectivity index (χ4n) is 1.87. The molecule has 0 aliphatic carbocycles. The second-order valence-corrected chi connectivity index (χ2v) is 4.80. The summed E-state index contributed by atoms with van der Waals surface area (Å²) in [6, 6.07) is 8.03. The van der Waals surface area contributed by atoms with E-state index in [0.717, 1.165) is 40.3 Å². The summed E-state index contributed by atoms with van der Waals surface area (Å²) in [5.41, 5.74) is 3.27. The first-order valence-corrected chi connectivity index (χ1v) is 6.18. The van der Waals surface area contributed by atoms with E-state index in [0.29, 0.717) is 0 Å². The van der Waals surface area contributed by atoms with Gasteiger partial charge in [-0.2, -0.15) is 0 Å². The van der Waals surface area contributed by atoms with E-state index in [2.05, 4.69) is 36.5 Å². The van der Waals surface area contributed by atoms with Crippen LogP contribution in [0.1, 0.15) is 11.3 Å². The first-order chi connectivity index (χ1) is 8.33. The average molecular weight is 291 g/mol. The molecule has 0 atom stereocenters. The average Bonchev–Trinajstić information content (AvgIpc) is 2.81. The van der Waals surface area contributed by atoms with Crippen LogP contribution in [0, 0.1) is 0 Å². The highest BCUT2D eigenvalue weighted by Crippen LogP contribution is 2.24. The molecule has 1 aliphatic heterocycles. The second-order valence-electron chi connectivity index (χ2n) is 3.88. The zero-order chi connectivity index (χ0) is 11.7. The number of rotatable bonds is 2. The van der Waals surface area contributed by atoms with Crippen LogP contribution in [-0.2, 0) is 13.1 Å². The van der Waals surface area contributed by atoms with Crippen LogP contribution in [0.5, 0.6) is 0 Å². The van der Waals surface area contributed by atoms with E-state index in [-0.39, 0.29) is 0 Å². The monoisotopic (exact) mass is 290 g/mol. The van der Waals surface area contributed by atoms with Crippen LogP contribution in [-0.4, -0.2) is 9.97 Å². The molecule has 2 aromatic rings. The van der Waals surface area contributed by atoms with Gasteiger partial charge in [-0.15, -0.1) is 0 Å². The van der Waals surface area contributed by atoms with Crippen molar-refractivity contribution in [3.8, 4) is 0 Å². The number of halogens is 1. The van der Waals surface area contributed by atoms with Crippen molar-refractivity contribution in [2.45, 2.75) is 13.1 Å². The summed E-state index contributed by atoms with van der Waals surface area (Å²) in [7, 11) is 0. The highest BCUT2D eigenvalue weighted by atomic mass is 79.9. The van der Waals surface area contributed by atoms with E-state index in [1.165, 1.54) is 0 Å². The third-order valence-electron chi connectivity index (χ3n) is 2.74. The number of hydrogen-bond acceptors (Lipinski definition) is 4. The molecule has 0 spiro atoms. The van der Waals surface area contributed by atoms with E-state index in [1.807, 2.05) is 24.3 Å². The molecule has 1 aromatic carbocycles. The molecule has 0 saturated carbocycles. The summed E-state index contributed by atoms with van der Waals surface area (Å²) in [6.07, 6.45) is 1.60. The molecule has 0 bridgehead atoms. The Balaban J connectivity index is 1.91. The van der Waals surface area contributed by atoms with Crippen LogP contribution in [0.15, 0.2) is 35.1 Å². The number of fused-ring (bicyclic) bond motifs is 1. The zero-order valence-corrected chi connectivity index (χ0v) is 10.7. The molecule has 1 aromatic heterocycles. The number of hydrogen-bond donors (Lipinski definition) is 2. The topological polar surface area (TPSA) is 49.8 Å². The van der Waals surface area contributed by atoms with Gasteiger partial charge in [0.15, 0.2) is 0 Å². The molecule has 2 heterocycles. The molecule has 86 valence electrons. The normalized spacial score (nSPS) is 13.5. The van der Waals surface area contributed by atoms with E-state index < -0.39 is 0 Å². The van der Waals surface area contributed by atoms with Gasteiger partial charge in [-0.05, 0) is 24.3 Å². The summed E-state index contributed by atoms with van der Waals surface area (Å²) >= 11 is 3.42. The van der Waals surface area contributed by atoms with Gasteiger partial charge in [-0.1, -0.05) is 15.9 Å². The minimum Gasteiger partial charge on any atom is -0.340 e. The van der Waals surface area contributed by atoms with Gasteiger partial charge in [0.05, 0.1) is 5.69 Å². The lowest BCUT2D eigenvalue weighted by molar-refractivity contribution is 0.758. The van der Waals surface area contributed by atoms with Crippen molar-refractivity contribution in [2.75, 3.05) is 5.32 Å². The highest BCUT2D eigenvalue weighted by Gasteiger charge is 2.16. The lowest BCUT2D eigenvalue weighted by atomic mass is 10.2. The number of nitrogens with one attached hydrogen (secondary N) is 2. The Hall–Kier alpha value is -1.46. The standard InChI is InChI=1S/C12H11BrN4/c13-8-1-3-9(4-2-8)17-12-10-5-14-6-11(10)15-7-16-12/h1-4,7,14H,5-6H2,(H,15,16,17). The Bertz CT molecular complexity index is 539. The van der Waals surface area contributed by atoms with Gasteiger partial charge in [0, 0.05) is 28.8 Å². The molecule has 1 aliphatic rings. The van der Waals surface area contributed by atoms with Gasteiger partial charge >= 0.3 is 0 Å². The molecule has 0 saturated heterocycles. The predicted octanol–water partition coefficient (Wildman–Crippen LogP) is 2.59. The molecular weight excluding hydrogens is 280 g/mol. The largest absolute Gasteiger partial charge is 0.340 e. The van der Waals surface area contributed by atoms with Crippen molar-refractivity contribution in [2.24, 2.45) is 0 Å². The maximum atomic E-state index is 4.29.